The van der Waals surface area contributed by atoms with Crippen molar-refractivity contribution in [3.05, 3.63) is 45.2 Å². The van der Waals surface area contributed by atoms with E-state index in [0.717, 1.165) is 9.71 Å². The Kier molecular flexibility index (Phi) is 3.99. The number of hydrogen-bond acceptors (Lipinski definition) is 8. The molecule has 0 fully saturated rings. The van der Waals surface area contributed by atoms with Gasteiger partial charge in [-0.25, -0.2) is 4.98 Å². The highest BCUT2D eigenvalue weighted by atomic mass is 32.2. The summed E-state index contributed by atoms with van der Waals surface area (Å²) in [6.07, 6.45) is 0. The van der Waals surface area contributed by atoms with Crippen molar-refractivity contribution in [2.24, 2.45) is 7.05 Å². The third-order valence-corrected chi connectivity index (χ3v) is 6.26. The molecule has 0 aliphatic heterocycles. The van der Waals surface area contributed by atoms with Crippen molar-refractivity contribution in [1.82, 2.24) is 19.7 Å². The van der Waals surface area contributed by atoms with Gasteiger partial charge >= 0.3 is 0 Å². The van der Waals surface area contributed by atoms with Gasteiger partial charge in [-0.3, -0.25) is 9.36 Å². The van der Waals surface area contributed by atoms with Crippen LogP contribution in [0, 0.1) is 0 Å². The Labute approximate surface area is 149 Å². The molecule has 0 amide bonds. The molecule has 4 aromatic heterocycles. The monoisotopic (exact) mass is 376 g/mol. The van der Waals surface area contributed by atoms with Crippen LogP contribution in [-0.4, -0.2) is 19.7 Å². The van der Waals surface area contributed by atoms with Gasteiger partial charge in [0.2, 0.25) is 5.89 Å². The minimum atomic E-state index is -0.110. The summed E-state index contributed by atoms with van der Waals surface area (Å²) in [6.45, 7) is 1.96. The quantitative estimate of drug-likeness (QED) is 0.396. The lowest BCUT2D eigenvalue weighted by Crippen LogP contribution is -2.19. The van der Waals surface area contributed by atoms with Crippen molar-refractivity contribution in [2.75, 3.05) is 0 Å². The zero-order valence-corrected chi connectivity index (χ0v) is 15.2. The van der Waals surface area contributed by atoms with E-state index in [9.17, 15) is 4.79 Å². The highest BCUT2D eigenvalue weighted by Gasteiger charge is 2.19. The van der Waals surface area contributed by atoms with E-state index in [4.69, 9.17) is 4.42 Å². The molecule has 6 nitrogen and oxygen atoms in total. The van der Waals surface area contributed by atoms with Gasteiger partial charge < -0.3 is 4.42 Å². The van der Waals surface area contributed by atoms with Crippen molar-refractivity contribution in [1.29, 1.82) is 0 Å². The molecule has 1 atom stereocenters. The summed E-state index contributed by atoms with van der Waals surface area (Å²) in [5.41, 5.74) is -0.0410. The van der Waals surface area contributed by atoms with E-state index in [2.05, 4.69) is 15.2 Å². The minimum Gasteiger partial charge on any atom is -0.419 e. The largest absolute Gasteiger partial charge is 0.419 e. The van der Waals surface area contributed by atoms with Crippen molar-refractivity contribution >= 4 is 44.7 Å². The molecule has 1 unspecified atom stereocenters. The van der Waals surface area contributed by atoms with Gasteiger partial charge in [-0.15, -0.1) is 32.9 Å². The molecule has 4 heterocycles. The van der Waals surface area contributed by atoms with E-state index in [1.165, 1.54) is 23.1 Å². The molecule has 0 N–H and O–H groups in total. The minimum absolute atomic E-state index is 0.0410. The highest BCUT2D eigenvalue weighted by Crippen LogP contribution is 2.35. The van der Waals surface area contributed by atoms with Crippen molar-refractivity contribution in [3.63, 3.8) is 0 Å². The number of rotatable bonds is 4. The number of thioether (sulfide) groups is 1. The average molecular weight is 376 g/mol. The van der Waals surface area contributed by atoms with Gasteiger partial charge in [-0.2, -0.15) is 0 Å². The highest BCUT2D eigenvalue weighted by molar-refractivity contribution is 7.99. The molecule has 4 rings (SSSR count). The normalized spacial score (nSPS) is 12.8. The van der Waals surface area contributed by atoms with Crippen LogP contribution in [0.2, 0.25) is 0 Å². The Balaban J connectivity index is 1.63. The molecule has 0 aliphatic carbocycles. The summed E-state index contributed by atoms with van der Waals surface area (Å²) < 4.78 is 7.32. The molecule has 0 bridgehead atoms. The maximum Gasteiger partial charge on any atom is 0.262 e. The zero-order valence-electron chi connectivity index (χ0n) is 12.8. The van der Waals surface area contributed by atoms with Crippen LogP contribution in [0.3, 0.4) is 0 Å². The molecular formula is C15H12N4O2S3. The Bertz CT molecular complexity index is 1050. The van der Waals surface area contributed by atoms with E-state index in [0.29, 0.717) is 22.3 Å². The smallest absolute Gasteiger partial charge is 0.262 e. The molecule has 0 saturated carbocycles. The Morgan fingerprint density at radius 3 is 2.92 bits per heavy atom. The van der Waals surface area contributed by atoms with Crippen LogP contribution in [0.5, 0.6) is 0 Å². The fourth-order valence-electron chi connectivity index (χ4n) is 2.19. The molecule has 0 radical (unpaired) electrons. The summed E-state index contributed by atoms with van der Waals surface area (Å²) in [7, 11) is 1.73. The van der Waals surface area contributed by atoms with E-state index in [-0.39, 0.29) is 10.8 Å². The van der Waals surface area contributed by atoms with E-state index in [1.54, 1.807) is 29.0 Å². The lowest BCUT2D eigenvalue weighted by Gasteiger charge is -2.09. The Morgan fingerprint density at radius 2 is 2.12 bits per heavy atom. The summed E-state index contributed by atoms with van der Waals surface area (Å²) >= 11 is 4.45. The number of fused-ring (bicyclic) bond motifs is 1. The first-order valence-electron chi connectivity index (χ1n) is 7.11. The summed E-state index contributed by atoms with van der Waals surface area (Å²) in [4.78, 5) is 18.6. The average Bonchev–Trinajstić information content (AvgIpc) is 3.31. The molecule has 0 saturated heterocycles. The van der Waals surface area contributed by atoms with Crippen LogP contribution in [-0.2, 0) is 7.05 Å². The van der Waals surface area contributed by atoms with E-state index >= 15 is 0 Å². The second-order valence-corrected chi connectivity index (χ2v) is 8.23. The molecule has 0 aliphatic rings. The van der Waals surface area contributed by atoms with Crippen molar-refractivity contribution in [2.45, 2.75) is 17.3 Å². The lowest BCUT2D eigenvalue weighted by molar-refractivity contribution is 0.509. The second kappa shape index (κ2) is 6.15. The van der Waals surface area contributed by atoms with Crippen molar-refractivity contribution < 1.29 is 4.42 Å². The Hall–Kier alpha value is -1.97. The van der Waals surface area contributed by atoms with Gasteiger partial charge in [0.25, 0.3) is 11.4 Å². The van der Waals surface area contributed by atoms with Gasteiger partial charge in [0.05, 0.1) is 15.5 Å². The van der Waals surface area contributed by atoms with E-state index < -0.39 is 0 Å². The molecule has 24 heavy (non-hydrogen) atoms. The van der Waals surface area contributed by atoms with Gasteiger partial charge in [0.15, 0.2) is 5.16 Å². The topological polar surface area (TPSA) is 73.8 Å². The van der Waals surface area contributed by atoms with Crippen LogP contribution in [0.4, 0.5) is 0 Å². The predicted octanol–water partition coefficient (Wildman–Crippen LogP) is 3.96. The SMILES string of the molecule is CC(Sc1nc2sccc2c(=O)n1C)c1nnc(-c2cccs2)o1. The molecule has 0 aromatic carbocycles. The van der Waals surface area contributed by atoms with Crippen LogP contribution in [0.15, 0.2) is 43.3 Å². The predicted molar refractivity (Wildman–Crippen MR) is 96.7 cm³/mol. The third kappa shape index (κ3) is 2.68. The molecular weight excluding hydrogens is 364 g/mol. The lowest BCUT2D eigenvalue weighted by atomic mass is 10.4. The Morgan fingerprint density at radius 1 is 1.25 bits per heavy atom. The van der Waals surface area contributed by atoms with Crippen LogP contribution in [0.1, 0.15) is 18.1 Å². The van der Waals surface area contributed by atoms with Gasteiger partial charge in [0, 0.05) is 7.05 Å². The number of hydrogen-bond donors (Lipinski definition) is 0. The number of thiophene rings is 2. The first kappa shape index (κ1) is 15.6. The first-order valence-corrected chi connectivity index (χ1v) is 9.75. The molecule has 4 aromatic rings. The first-order chi connectivity index (χ1) is 11.6. The zero-order chi connectivity index (χ0) is 16.7. The third-order valence-electron chi connectivity index (χ3n) is 3.47. The fraction of sp³-hybridized carbons (Fsp3) is 0.200. The van der Waals surface area contributed by atoms with Crippen LogP contribution >= 0.6 is 34.4 Å². The number of nitrogens with zero attached hydrogens (tertiary/aromatic N) is 4. The standard InChI is InChI=1S/C15H12N4O2S3/c1-8(11-17-18-12(21-11)10-4-3-6-22-10)24-15-16-13-9(5-7-23-13)14(20)19(15)2/h3-8H,1-2H3. The molecule has 0 spiro atoms. The van der Waals surface area contributed by atoms with Crippen molar-refractivity contribution in [3.8, 4) is 10.8 Å². The number of aromatic nitrogens is 4. The van der Waals surface area contributed by atoms with Gasteiger partial charge in [-0.1, -0.05) is 17.8 Å². The van der Waals surface area contributed by atoms with Crippen LogP contribution < -0.4 is 5.56 Å². The van der Waals surface area contributed by atoms with Crippen LogP contribution in [0.25, 0.3) is 21.0 Å². The second-order valence-electron chi connectivity index (χ2n) is 5.08. The molecule has 9 heteroatoms. The maximum absolute atomic E-state index is 12.4. The summed E-state index contributed by atoms with van der Waals surface area (Å²) in [5.74, 6) is 1.03. The summed E-state index contributed by atoms with van der Waals surface area (Å²) in [6, 6.07) is 5.69. The maximum atomic E-state index is 12.4. The van der Waals surface area contributed by atoms with E-state index in [1.807, 2.05) is 29.8 Å². The molecule has 122 valence electrons. The fourth-order valence-corrected chi connectivity index (χ4v) is 4.55. The summed E-state index contributed by atoms with van der Waals surface area (Å²) in [5, 5.41) is 13.2. The van der Waals surface area contributed by atoms with Gasteiger partial charge in [-0.05, 0) is 29.8 Å². The van der Waals surface area contributed by atoms with Gasteiger partial charge in [0.1, 0.15) is 4.83 Å².